The van der Waals surface area contributed by atoms with Crippen molar-refractivity contribution in [3.63, 3.8) is 0 Å². The maximum absolute atomic E-state index is 10.9. The fourth-order valence-electron chi connectivity index (χ4n) is 2.10. The van der Waals surface area contributed by atoms with Crippen molar-refractivity contribution in [2.24, 2.45) is 5.92 Å². The normalized spacial score (nSPS) is 17.8. The van der Waals surface area contributed by atoms with E-state index in [-0.39, 0.29) is 11.6 Å². The predicted molar refractivity (Wildman–Crippen MR) is 64.7 cm³/mol. The largest absolute Gasteiger partial charge is 0.481 e. The number of aromatic nitrogens is 1. The van der Waals surface area contributed by atoms with Crippen molar-refractivity contribution in [2.45, 2.75) is 19.4 Å². The number of carbonyl (C=O) groups is 2. The van der Waals surface area contributed by atoms with Gasteiger partial charge >= 0.3 is 11.9 Å². The molecule has 1 aliphatic rings. The molecule has 0 aromatic carbocycles. The maximum atomic E-state index is 10.9. The number of carboxylic acid groups (broad SMARTS) is 2. The molecule has 1 aromatic rings. The molecule has 2 rings (SSSR count). The van der Waals surface area contributed by atoms with Crippen LogP contribution in [0.3, 0.4) is 0 Å². The van der Waals surface area contributed by atoms with E-state index < -0.39 is 11.9 Å². The summed E-state index contributed by atoms with van der Waals surface area (Å²) < 4.78 is 0. The fraction of sp³-hybridized carbons (Fsp3) is 0.545. The van der Waals surface area contributed by atoms with Crippen LogP contribution in [0.1, 0.15) is 28.2 Å². The van der Waals surface area contributed by atoms with E-state index in [9.17, 15) is 9.59 Å². The van der Waals surface area contributed by atoms with Crippen LogP contribution in [-0.2, 0) is 11.3 Å². The van der Waals surface area contributed by atoms with Crippen LogP contribution in [0.2, 0.25) is 0 Å². The molecule has 2 N–H and O–H groups in total. The summed E-state index contributed by atoms with van der Waals surface area (Å²) in [5.41, 5.74) is 1.64. The minimum absolute atomic E-state index is 0.111. The lowest BCUT2D eigenvalue weighted by Gasteiger charge is -2.29. The van der Waals surface area contributed by atoms with E-state index in [1.54, 1.807) is 0 Å². The Balaban J connectivity index is 1.93. The average molecular weight is 270 g/mol. The van der Waals surface area contributed by atoms with Crippen molar-refractivity contribution in [1.29, 1.82) is 0 Å². The van der Waals surface area contributed by atoms with Gasteiger partial charge in [-0.3, -0.25) is 9.69 Å². The van der Waals surface area contributed by atoms with Gasteiger partial charge in [-0.2, -0.15) is 0 Å². The Bertz CT molecular complexity index is 452. The fourth-order valence-corrected chi connectivity index (χ4v) is 2.89. The van der Waals surface area contributed by atoms with Crippen molar-refractivity contribution in [1.82, 2.24) is 9.88 Å². The quantitative estimate of drug-likeness (QED) is 0.852. The number of hydrogen-bond donors (Lipinski definition) is 2. The van der Waals surface area contributed by atoms with Crippen molar-refractivity contribution < 1.29 is 19.8 Å². The van der Waals surface area contributed by atoms with Gasteiger partial charge in [0.2, 0.25) is 0 Å². The molecule has 1 saturated heterocycles. The van der Waals surface area contributed by atoms with Gasteiger partial charge in [0, 0.05) is 6.54 Å². The molecule has 0 spiro atoms. The van der Waals surface area contributed by atoms with Gasteiger partial charge in [-0.1, -0.05) is 0 Å². The molecule has 1 aliphatic heterocycles. The number of aromatic carboxylic acids is 1. The third-order valence-corrected chi connectivity index (χ3v) is 3.97. The number of carboxylic acids is 2. The molecule has 0 bridgehead atoms. The zero-order valence-corrected chi connectivity index (χ0v) is 10.5. The molecule has 18 heavy (non-hydrogen) atoms. The highest BCUT2D eigenvalue weighted by Gasteiger charge is 2.25. The standard InChI is InChI=1S/C11H14N2O4S/c14-10(15)7-1-3-13(4-2-7)5-8-9(11(16)17)12-6-18-8/h6-7H,1-5H2,(H,14,15)(H,16,17). The molecule has 0 atom stereocenters. The molecule has 0 amide bonds. The van der Waals surface area contributed by atoms with Gasteiger partial charge in [0.25, 0.3) is 0 Å². The van der Waals surface area contributed by atoms with E-state index in [4.69, 9.17) is 10.2 Å². The maximum Gasteiger partial charge on any atom is 0.355 e. The lowest BCUT2D eigenvalue weighted by molar-refractivity contribution is -0.143. The summed E-state index contributed by atoms with van der Waals surface area (Å²) in [4.78, 5) is 28.4. The molecule has 2 heterocycles. The van der Waals surface area contributed by atoms with Gasteiger partial charge in [0.15, 0.2) is 5.69 Å². The molecule has 1 aromatic heterocycles. The number of likely N-dealkylation sites (tertiary alicyclic amines) is 1. The Morgan fingerprint density at radius 3 is 2.61 bits per heavy atom. The second-order valence-electron chi connectivity index (χ2n) is 4.32. The van der Waals surface area contributed by atoms with Crippen LogP contribution >= 0.6 is 11.3 Å². The van der Waals surface area contributed by atoms with Crippen LogP contribution in [0.15, 0.2) is 5.51 Å². The van der Waals surface area contributed by atoms with Gasteiger partial charge in [0.05, 0.1) is 16.3 Å². The highest BCUT2D eigenvalue weighted by molar-refractivity contribution is 7.09. The van der Waals surface area contributed by atoms with E-state index in [1.165, 1.54) is 16.8 Å². The summed E-state index contributed by atoms with van der Waals surface area (Å²) in [5.74, 6) is -2.01. The highest BCUT2D eigenvalue weighted by Crippen LogP contribution is 2.22. The molecule has 0 saturated carbocycles. The predicted octanol–water partition coefficient (Wildman–Crippen LogP) is 1.14. The summed E-state index contributed by atoms with van der Waals surface area (Å²) in [6, 6.07) is 0. The van der Waals surface area contributed by atoms with Gasteiger partial charge in [-0.05, 0) is 25.9 Å². The smallest absolute Gasteiger partial charge is 0.355 e. The van der Waals surface area contributed by atoms with Crippen LogP contribution in [0, 0.1) is 5.92 Å². The number of aliphatic carboxylic acids is 1. The summed E-state index contributed by atoms with van der Waals surface area (Å²) in [6.45, 7) is 1.92. The van der Waals surface area contributed by atoms with E-state index >= 15 is 0 Å². The minimum atomic E-state index is -1.01. The second-order valence-corrected chi connectivity index (χ2v) is 5.26. The topological polar surface area (TPSA) is 90.7 Å². The van der Waals surface area contributed by atoms with Gasteiger partial charge in [-0.25, -0.2) is 9.78 Å². The van der Waals surface area contributed by atoms with Crippen LogP contribution in [0.25, 0.3) is 0 Å². The van der Waals surface area contributed by atoms with E-state index in [0.29, 0.717) is 32.5 Å². The summed E-state index contributed by atoms with van der Waals surface area (Å²) in [6.07, 6.45) is 1.24. The molecular weight excluding hydrogens is 256 g/mol. The molecule has 0 unspecified atom stereocenters. The summed E-state index contributed by atoms with van der Waals surface area (Å²) in [5, 5.41) is 17.8. The molecule has 6 nitrogen and oxygen atoms in total. The molecule has 98 valence electrons. The molecule has 0 aliphatic carbocycles. The Morgan fingerprint density at radius 2 is 2.06 bits per heavy atom. The van der Waals surface area contributed by atoms with Crippen molar-refractivity contribution >= 4 is 23.3 Å². The zero-order valence-electron chi connectivity index (χ0n) is 9.70. The van der Waals surface area contributed by atoms with Crippen LogP contribution in [0.5, 0.6) is 0 Å². The minimum Gasteiger partial charge on any atom is -0.481 e. The van der Waals surface area contributed by atoms with Crippen molar-refractivity contribution in [2.75, 3.05) is 13.1 Å². The molecular formula is C11H14N2O4S. The van der Waals surface area contributed by atoms with E-state index in [0.717, 1.165) is 4.88 Å². The van der Waals surface area contributed by atoms with Gasteiger partial charge in [-0.15, -0.1) is 11.3 Å². The van der Waals surface area contributed by atoms with Crippen molar-refractivity contribution in [3.8, 4) is 0 Å². The van der Waals surface area contributed by atoms with Crippen LogP contribution in [-0.4, -0.2) is 45.1 Å². The SMILES string of the molecule is O=C(O)c1ncsc1CN1CCC(C(=O)O)CC1. The molecule has 0 radical (unpaired) electrons. The zero-order chi connectivity index (χ0) is 13.1. The van der Waals surface area contributed by atoms with Crippen molar-refractivity contribution in [3.05, 3.63) is 16.1 Å². The number of rotatable bonds is 4. The Labute approximate surface area is 108 Å². The first-order valence-corrected chi connectivity index (χ1v) is 6.56. The molecule has 1 fully saturated rings. The average Bonchev–Trinajstić information content (AvgIpc) is 2.78. The first-order chi connectivity index (χ1) is 8.58. The van der Waals surface area contributed by atoms with Gasteiger partial charge in [0.1, 0.15) is 0 Å². The first-order valence-electron chi connectivity index (χ1n) is 5.68. The first kappa shape index (κ1) is 13.0. The number of nitrogens with zero attached hydrogens (tertiary/aromatic N) is 2. The van der Waals surface area contributed by atoms with E-state index in [1.807, 2.05) is 0 Å². The Morgan fingerprint density at radius 1 is 1.39 bits per heavy atom. The number of thiazole rings is 1. The third-order valence-electron chi connectivity index (χ3n) is 3.15. The third kappa shape index (κ3) is 2.85. The van der Waals surface area contributed by atoms with Gasteiger partial charge < -0.3 is 10.2 Å². The van der Waals surface area contributed by atoms with Crippen LogP contribution < -0.4 is 0 Å². The molecule has 7 heteroatoms. The van der Waals surface area contributed by atoms with E-state index in [2.05, 4.69) is 9.88 Å². The lowest BCUT2D eigenvalue weighted by atomic mass is 9.97. The second kappa shape index (κ2) is 5.45. The highest BCUT2D eigenvalue weighted by atomic mass is 32.1. The van der Waals surface area contributed by atoms with Crippen LogP contribution in [0.4, 0.5) is 0 Å². The summed E-state index contributed by atoms with van der Waals surface area (Å²) >= 11 is 1.33. The number of hydrogen-bond acceptors (Lipinski definition) is 5. The Kier molecular flexibility index (Phi) is 3.93. The summed E-state index contributed by atoms with van der Waals surface area (Å²) in [7, 11) is 0. The Hall–Kier alpha value is -1.47. The number of piperidine rings is 1. The lowest BCUT2D eigenvalue weighted by Crippen LogP contribution is -2.35. The monoisotopic (exact) mass is 270 g/mol.